The molecule has 2 aliphatic rings. The molecule has 0 saturated carbocycles. The summed E-state index contributed by atoms with van der Waals surface area (Å²) >= 11 is 5.69. The van der Waals surface area contributed by atoms with E-state index in [1.165, 1.54) is 0 Å². The monoisotopic (exact) mass is 446 g/mol. The van der Waals surface area contributed by atoms with E-state index in [9.17, 15) is 4.79 Å². The van der Waals surface area contributed by atoms with Gasteiger partial charge in [-0.2, -0.15) is 0 Å². The van der Waals surface area contributed by atoms with E-state index in [1.807, 2.05) is 24.3 Å². The maximum absolute atomic E-state index is 13.3. The number of ether oxygens (including phenoxy) is 1. The Morgan fingerprint density at radius 1 is 1.23 bits per heavy atom. The van der Waals surface area contributed by atoms with Crippen LogP contribution in [0, 0.1) is 11.8 Å². The highest BCUT2D eigenvalue weighted by atomic mass is 32.1. The minimum absolute atomic E-state index is 0.0787. The minimum atomic E-state index is -0.249. The number of amides is 1. The third-order valence-corrected chi connectivity index (χ3v) is 7.46. The van der Waals surface area contributed by atoms with Crippen LogP contribution >= 0.6 is 12.2 Å². The van der Waals surface area contributed by atoms with Crippen LogP contribution in [0.15, 0.2) is 24.3 Å². The molecule has 3 rings (SSSR count). The van der Waals surface area contributed by atoms with E-state index in [4.69, 9.17) is 17.0 Å². The van der Waals surface area contributed by atoms with Gasteiger partial charge in [0.2, 0.25) is 5.91 Å². The van der Waals surface area contributed by atoms with Crippen LogP contribution in [-0.2, 0) is 4.79 Å². The summed E-state index contributed by atoms with van der Waals surface area (Å²) in [5.74, 6) is 1.93. The van der Waals surface area contributed by atoms with E-state index in [0.29, 0.717) is 11.8 Å². The first kappa shape index (κ1) is 23.8. The molecule has 6 nitrogen and oxygen atoms in total. The molecule has 0 radical (unpaired) electrons. The lowest BCUT2D eigenvalue weighted by Crippen LogP contribution is -2.60. The molecule has 2 N–H and O–H groups in total. The zero-order valence-electron chi connectivity index (χ0n) is 19.6. The fraction of sp³-hybridized carbons (Fsp3) is 0.667. The molecule has 2 saturated heterocycles. The molecule has 3 atom stereocenters. The van der Waals surface area contributed by atoms with E-state index in [0.717, 1.165) is 61.9 Å². The summed E-state index contributed by atoms with van der Waals surface area (Å²) in [6, 6.07) is 7.71. The smallest absolute Gasteiger partial charge is 0.241 e. The molecule has 31 heavy (non-hydrogen) atoms. The molecule has 1 spiro atoms. The van der Waals surface area contributed by atoms with Gasteiger partial charge in [0.1, 0.15) is 5.75 Å². The first-order chi connectivity index (χ1) is 14.8. The molecule has 1 aromatic carbocycles. The van der Waals surface area contributed by atoms with Gasteiger partial charge in [0.25, 0.3) is 0 Å². The second-order valence-corrected chi connectivity index (χ2v) is 9.53. The van der Waals surface area contributed by atoms with Crippen LogP contribution in [0.3, 0.4) is 0 Å². The fourth-order valence-corrected chi connectivity index (χ4v) is 4.81. The summed E-state index contributed by atoms with van der Waals surface area (Å²) in [5, 5.41) is 7.85. The van der Waals surface area contributed by atoms with E-state index in [1.54, 1.807) is 7.11 Å². The Bertz CT molecular complexity index is 761. The zero-order valence-corrected chi connectivity index (χ0v) is 20.4. The molecule has 2 aliphatic heterocycles. The Labute approximate surface area is 192 Å². The second kappa shape index (κ2) is 10.2. The summed E-state index contributed by atoms with van der Waals surface area (Å²) in [6.07, 6.45) is 3.84. The van der Waals surface area contributed by atoms with Crippen LogP contribution in [0.2, 0.25) is 0 Å². The SMILES string of the molecule is CCC(C)CN1C(=O)C(C(C)CC)NC12CCN(C(=S)Nc1ccc(OC)cc1)CC2. The van der Waals surface area contributed by atoms with Crippen molar-refractivity contribution in [2.24, 2.45) is 11.8 Å². The first-order valence-corrected chi connectivity index (χ1v) is 12.0. The van der Waals surface area contributed by atoms with E-state index < -0.39 is 0 Å². The molecular formula is C24H38N4O2S. The first-order valence-electron chi connectivity index (χ1n) is 11.6. The molecule has 1 amide bonds. The van der Waals surface area contributed by atoms with Gasteiger partial charge in [0, 0.05) is 38.2 Å². The second-order valence-electron chi connectivity index (χ2n) is 9.15. The van der Waals surface area contributed by atoms with Gasteiger partial charge in [0.15, 0.2) is 5.11 Å². The summed E-state index contributed by atoms with van der Waals surface area (Å²) in [4.78, 5) is 17.7. The Kier molecular flexibility index (Phi) is 7.81. The Morgan fingerprint density at radius 2 is 1.87 bits per heavy atom. The van der Waals surface area contributed by atoms with Crippen molar-refractivity contribution in [1.29, 1.82) is 0 Å². The third-order valence-electron chi connectivity index (χ3n) is 7.10. The van der Waals surface area contributed by atoms with Gasteiger partial charge in [-0.3, -0.25) is 10.1 Å². The minimum Gasteiger partial charge on any atom is -0.497 e. The molecule has 0 bridgehead atoms. The molecule has 0 aliphatic carbocycles. The standard InChI is InChI=1S/C24H38N4O2S/c1-6-17(3)16-28-22(29)21(18(4)7-2)26-24(28)12-14-27(15-13-24)23(31)25-19-8-10-20(30-5)11-9-19/h8-11,17-18,21,26H,6-7,12-16H2,1-5H3,(H,25,31). The average molecular weight is 447 g/mol. The number of anilines is 1. The summed E-state index contributed by atoms with van der Waals surface area (Å²) in [5.41, 5.74) is 0.705. The maximum atomic E-state index is 13.3. The number of piperidine rings is 1. The maximum Gasteiger partial charge on any atom is 0.241 e. The van der Waals surface area contributed by atoms with Crippen molar-refractivity contribution in [2.45, 2.75) is 65.1 Å². The number of carbonyl (C=O) groups excluding carboxylic acids is 1. The van der Waals surface area contributed by atoms with Crippen molar-refractivity contribution in [3.63, 3.8) is 0 Å². The highest BCUT2D eigenvalue weighted by Gasteiger charge is 2.52. The van der Waals surface area contributed by atoms with Gasteiger partial charge in [-0.05, 0) is 48.3 Å². The van der Waals surface area contributed by atoms with Crippen LogP contribution in [0.5, 0.6) is 5.75 Å². The Hall–Kier alpha value is -1.86. The molecule has 3 unspecified atom stereocenters. The topological polar surface area (TPSA) is 56.8 Å². The Morgan fingerprint density at radius 3 is 2.42 bits per heavy atom. The van der Waals surface area contributed by atoms with Gasteiger partial charge in [-0.15, -0.1) is 0 Å². The number of carbonyl (C=O) groups is 1. The molecule has 0 aromatic heterocycles. The van der Waals surface area contributed by atoms with Crippen molar-refractivity contribution >= 4 is 28.9 Å². The van der Waals surface area contributed by atoms with Crippen LogP contribution in [-0.4, -0.2) is 59.3 Å². The number of likely N-dealkylation sites (tertiary alicyclic amines) is 1. The molecule has 172 valence electrons. The number of thiocarbonyl (C=S) groups is 1. The number of nitrogens with one attached hydrogen (secondary N) is 2. The Balaban J connectivity index is 1.67. The molecule has 2 fully saturated rings. The number of benzene rings is 1. The predicted octanol–water partition coefficient (Wildman–Crippen LogP) is 4.08. The largest absolute Gasteiger partial charge is 0.497 e. The molecule has 1 aromatic rings. The molecule has 7 heteroatoms. The van der Waals surface area contributed by atoms with E-state index >= 15 is 0 Å². The molecule has 2 heterocycles. The third kappa shape index (κ3) is 5.14. The number of rotatable bonds is 7. The quantitative estimate of drug-likeness (QED) is 0.616. The highest BCUT2D eigenvalue weighted by molar-refractivity contribution is 7.80. The van der Waals surface area contributed by atoms with Crippen LogP contribution in [0.25, 0.3) is 0 Å². The van der Waals surface area contributed by atoms with Gasteiger partial charge in [0.05, 0.1) is 18.8 Å². The highest BCUT2D eigenvalue weighted by Crippen LogP contribution is 2.36. The number of hydrogen-bond donors (Lipinski definition) is 2. The number of nitrogens with zero attached hydrogens (tertiary/aromatic N) is 2. The van der Waals surface area contributed by atoms with Crippen molar-refractivity contribution in [2.75, 3.05) is 32.1 Å². The van der Waals surface area contributed by atoms with Crippen molar-refractivity contribution in [3.05, 3.63) is 24.3 Å². The fourth-order valence-electron chi connectivity index (χ4n) is 4.51. The predicted molar refractivity (Wildman–Crippen MR) is 130 cm³/mol. The van der Waals surface area contributed by atoms with Gasteiger partial charge >= 0.3 is 0 Å². The summed E-state index contributed by atoms with van der Waals surface area (Å²) < 4.78 is 5.22. The summed E-state index contributed by atoms with van der Waals surface area (Å²) in [7, 11) is 1.66. The van der Waals surface area contributed by atoms with E-state index in [-0.39, 0.29) is 17.6 Å². The van der Waals surface area contributed by atoms with Gasteiger partial charge in [-0.1, -0.05) is 40.5 Å². The lowest BCUT2D eigenvalue weighted by atomic mass is 9.94. The van der Waals surface area contributed by atoms with Crippen molar-refractivity contribution in [1.82, 2.24) is 15.1 Å². The number of methoxy groups -OCH3 is 1. The van der Waals surface area contributed by atoms with E-state index in [2.05, 4.69) is 48.1 Å². The van der Waals surface area contributed by atoms with Gasteiger partial charge in [-0.25, -0.2) is 0 Å². The lowest BCUT2D eigenvalue weighted by Gasteiger charge is -2.46. The molecular weight excluding hydrogens is 408 g/mol. The zero-order chi connectivity index (χ0) is 22.6. The van der Waals surface area contributed by atoms with Crippen molar-refractivity contribution < 1.29 is 9.53 Å². The average Bonchev–Trinajstić information content (AvgIpc) is 3.05. The van der Waals surface area contributed by atoms with Crippen LogP contribution < -0.4 is 15.4 Å². The van der Waals surface area contributed by atoms with Crippen molar-refractivity contribution in [3.8, 4) is 5.75 Å². The van der Waals surface area contributed by atoms with Crippen LogP contribution in [0.4, 0.5) is 5.69 Å². The summed E-state index contributed by atoms with van der Waals surface area (Å²) in [6.45, 7) is 11.3. The van der Waals surface area contributed by atoms with Gasteiger partial charge < -0.3 is 19.9 Å². The lowest BCUT2D eigenvalue weighted by molar-refractivity contribution is -0.134. The van der Waals surface area contributed by atoms with Crippen LogP contribution in [0.1, 0.15) is 53.4 Å². The normalized spacial score (nSPS) is 22.5. The number of hydrogen-bond acceptors (Lipinski definition) is 4.